The molecular weight excluding hydrogens is 410 g/mol. The molecule has 2 aromatic rings. The van der Waals surface area contributed by atoms with Gasteiger partial charge < -0.3 is 9.59 Å². The molecule has 1 saturated heterocycles. The van der Waals surface area contributed by atoms with E-state index < -0.39 is 43.1 Å². The first-order valence-electron chi connectivity index (χ1n) is 9.47. The van der Waals surface area contributed by atoms with Gasteiger partial charge in [0.1, 0.15) is 11.6 Å². The smallest absolute Gasteiger partial charge is 0.286 e. The summed E-state index contributed by atoms with van der Waals surface area (Å²) >= 11 is 0. The van der Waals surface area contributed by atoms with Gasteiger partial charge >= 0.3 is 0 Å². The van der Waals surface area contributed by atoms with Gasteiger partial charge in [0, 0.05) is 24.4 Å². The number of rotatable bonds is 4. The second kappa shape index (κ2) is 9.43. The van der Waals surface area contributed by atoms with Crippen LogP contribution in [0.3, 0.4) is 0 Å². The number of nitro benzene ring substituents is 3. The van der Waals surface area contributed by atoms with Crippen LogP contribution in [-0.2, 0) is 0 Å². The molecule has 0 N–H and O–H groups in total. The van der Waals surface area contributed by atoms with Gasteiger partial charge in [0.2, 0.25) is 0 Å². The number of likely N-dealkylation sites (tertiary alicyclic amines) is 1. The van der Waals surface area contributed by atoms with E-state index in [-0.39, 0.29) is 0 Å². The molecule has 0 saturated carbocycles. The first kappa shape index (κ1) is 23.6. The lowest BCUT2D eigenvalue weighted by Gasteiger charge is -2.41. The van der Waals surface area contributed by atoms with Crippen molar-refractivity contribution in [2.45, 2.75) is 32.2 Å². The monoisotopic (exact) mass is 433 g/mol. The third-order valence-electron chi connectivity index (χ3n) is 5.41. The van der Waals surface area contributed by atoms with Crippen LogP contribution in [0, 0.1) is 37.3 Å². The zero-order chi connectivity index (χ0) is 23.3. The van der Waals surface area contributed by atoms with E-state index in [0.29, 0.717) is 12.1 Å². The lowest BCUT2D eigenvalue weighted by molar-refractivity contribution is -0.926. The molecule has 1 aliphatic heterocycles. The van der Waals surface area contributed by atoms with Crippen LogP contribution in [-0.4, -0.2) is 44.9 Å². The summed E-state index contributed by atoms with van der Waals surface area (Å²) in [5.74, 6) is -1.44. The highest BCUT2D eigenvalue weighted by Crippen LogP contribution is 2.41. The number of nitrogens with zero attached hydrogens (tertiary/aromatic N) is 5. The van der Waals surface area contributed by atoms with Crippen molar-refractivity contribution in [2.75, 3.05) is 20.6 Å². The molecule has 1 atom stereocenters. The molecule has 0 aliphatic carbocycles. The Hall–Kier alpha value is -3.67. The third-order valence-corrected chi connectivity index (χ3v) is 5.41. The Morgan fingerprint density at radius 3 is 2.16 bits per heavy atom. The van der Waals surface area contributed by atoms with Crippen LogP contribution in [0.2, 0.25) is 0 Å². The van der Waals surface area contributed by atoms with E-state index in [1.807, 2.05) is 18.5 Å². The normalized spacial score (nSPS) is 17.2. The molecular formula is C19H23N5O7. The summed E-state index contributed by atoms with van der Waals surface area (Å²) in [6.07, 6.45) is 7.91. The van der Waals surface area contributed by atoms with Gasteiger partial charge in [-0.15, -0.1) is 0 Å². The van der Waals surface area contributed by atoms with Gasteiger partial charge in [-0.2, -0.15) is 0 Å². The Morgan fingerprint density at radius 2 is 1.68 bits per heavy atom. The first-order chi connectivity index (χ1) is 14.5. The number of nitro groups is 3. The van der Waals surface area contributed by atoms with Gasteiger partial charge in [0.25, 0.3) is 17.1 Å². The molecule has 12 nitrogen and oxygen atoms in total. The first-order valence-corrected chi connectivity index (χ1v) is 9.47. The van der Waals surface area contributed by atoms with Gasteiger partial charge in [0.15, 0.2) is 0 Å². The number of pyridine rings is 1. The molecule has 1 aliphatic rings. The zero-order valence-corrected chi connectivity index (χ0v) is 17.4. The number of piperidine rings is 1. The molecule has 166 valence electrons. The van der Waals surface area contributed by atoms with Gasteiger partial charge in [-0.3, -0.25) is 35.3 Å². The van der Waals surface area contributed by atoms with Crippen molar-refractivity contribution in [3.63, 3.8) is 0 Å². The minimum Gasteiger partial charge on any atom is -0.863 e. The van der Waals surface area contributed by atoms with Crippen LogP contribution in [0.25, 0.3) is 0 Å². The van der Waals surface area contributed by atoms with Crippen LogP contribution < -0.4 is 5.11 Å². The van der Waals surface area contributed by atoms with E-state index in [9.17, 15) is 35.4 Å². The molecule has 1 fully saturated rings. The molecule has 0 bridgehead atoms. The molecule has 3 rings (SSSR count). The lowest BCUT2D eigenvalue weighted by atomic mass is 9.95. The van der Waals surface area contributed by atoms with E-state index in [1.165, 1.54) is 31.4 Å². The number of quaternary nitrogens is 1. The maximum absolute atomic E-state index is 11.3. The second-order valence-electron chi connectivity index (χ2n) is 7.79. The topological polar surface area (TPSA) is 165 Å². The number of hydrogen-bond acceptors (Lipinski definition) is 8. The molecule has 0 spiro atoms. The quantitative estimate of drug-likeness (QED) is 0.403. The van der Waals surface area contributed by atoms with Crippen LogP contribution in [0.15, 0.2) is 30.6 Å². The molecule has 0 radical (unpaired) electrons. The minimum atomic E-state index is -1.44. The molecule has 1 aromatic carbocycles. The van der Waals surface area contributed by atoms with Crippen molar-refractivity contribution in [1.29, 1.82) is 0 Å². The Bertz CT molecular complexity index is 957. The maximum Gasteiger partial charge on any atom is 0.286 e. The van der Waals surface area contributed by atoms with E-state index >= 15 is 0 Å². The van der Waals surface area contributed by atoms with Gasteiger partial charge in [0.05, 0.1) is 47.2 Å². The summed E-state index contributed by atoms with van der Waals surface area (Å²) in [6, 6.07) is 5.33. The Balaban J connectivity index is 0.000000224. The fourth-order valence-corrected chi connectivity index (χ4v) is 3.77. The van der Waals surface area contributed by atoms with E-state index in [0.717, 1.165) is 11.4 Å². The molecule has 1 unspecified atom stereocenters. The predicted molar refractivity (Wildman–Crippen MR) is 108 cm³/mol. The van der Waals surface area contributed by atoms with E-state index in [4.69, 9.17) is 0 Å². The highest BCUT2D eigenvalue weighted by atomic mass is 16.6. The van der Waals surface area contributed by atoms with Crippen LogP contribution in [0.5, 0.6) is 5.75 Å². The fraction of sp³-hybridized carbons (Fsp3) is 0.421. The molecule has 1 aromatic heterocycles. The fourth-order valence-electron chi connectivity index (χ4n) is 3.77. The summed E-state index contributed by atoms with van der Waals surface area (Å²) in [5, 5.41) is 42.9. The van der Waals surface area contributed by atoms with Crippen LogP contribution >= 0.6 is 0 Å². The van der Waals surface area contributed by atoms with Crippen molar-refractivity contribution in [3.8, 4) is 5.75 Å². The number of benzene rings is 1. The van der Waals surface area contributed by atoms with Crippen LogP contribution in [0.1, 0.15) is 36.4 Å². The molecule has 2 heterocycles. The highest BCUT2D eigenvalue weighted by Gasteiger charge is 2.32. The number of hydrogen-bond donors (Lipinski definition) is 0. The van der Waals surface area contributed by atoms with Crippen molar-refractivity contribution >= 4 is 17.1 Å². The summed E-state index contributed by atoms with van der Waals surface area (Å²) in [6.45, 7) is 2.28. The second-order valence-corrected chi connectivity index (χ2v) is 7.79. The summed E-state index contributed by atoms with van der Waals surface area (Å²) in [4.78, 5) is 32.4. The van der Waals surface area contributed by atoms with E-state index in [1.54, 1.807) is 0 Å². The van der Waals surface area contributed by atoms with Gasteiger partial charge in [-0.05, 0) is 25.8 Å². The summed E-state index contributed by atoms with van der Waals surface area (Å²) in [7, 11) is 4.66. The van der Waals surface area contributed by atoms with Gasteiger partial charge in [-0.25, -0.2) is 0 Å². The average Bonchev–Trinajstić information content (AvgIpc) is 2.68. The average molecular weight is 433 g/mol. The van der Waals surface area contributed by atoms with Crippen LogP contribution in [0.4, 0.5) is 17.1 Å². The Morgan fingerprint density at radius 1 is 1.03 bits per heavy atom. The predicted octanol–water partition coefficient (Wildman–Crippen LogP) is 3.18. The number of aromatic nitrogens is 1. The SMILES string of the molecule is C[N+]1(C)CCCCC1c1cccnc1.Cc1c([N+](=O)[O-])cc([N+](=O)[O-])c([O-])c1[N+](=O)[O-]. The standard InChI is InChI=1S/C12H19N2.C7H5N3O7/c1-14(2)9-4-3-7-12(14)11-6-5-8-13-10-11;1-3-4(8(12)13)2-5(9(14)15)7(11)6(3)10(16)17/h5-6,8,10,12H,3-4,7,9H2,1-2H3;2,11H,1H3/q+1;/p-1. The third kappa shape index (κ3) is 5.28. The van der Waals surface area contributed by atoms with Crippen molar-refractivity contribution in [2.24, 2.45) is 0 Å². The largest absolute Gasteiger partial charge is 0.863 e. The minimum absolute atomic E-state index is 0.421. The highest BCUT2D eigenvalue weighted by molar-refractivity contribution is 5.69. The molecule has 12 heteroatoms. The Kier molecular flexibility index (Phi) is 7.18. The van der Waals surface area contributed by atoms with Gasteiger partial charge in [-0.1, -0.05) is 6.07 Å². The maximum atomic E-state index is 11.3. The summed E-state index contributed by atoms with van der Waals surface area (Å²) < 4.78 is 1.12. The Labute approximate surface area is 177 Å². The molecule has 31 heavy (non-hydrogen) atoms. The zero-order valence-electron chi connectivity index (χ0n) is 17.4. The van der Waals surface area contributed by atoms with Crippen molar-refractivity contribution in [1.82, 2.24) is 4.98 Å². The van der Waals surface area contributed by atoms with Crippen molar-refractivity contribution in [3.05, 3.63) is 72.1 Å². The summed E-state index contributed by atoms with van der Waals surface area (Å²) in [5.41, 5.74) is -2.27. The van der Waals surface area contributed by atoms with Crippen molar-refractivity contribution < 1.29 is 24.4 Å². The van der Waals surface area contributed by atoms with E-state index in [2.05, 4.69) is 25.1 Å². The lowest BCUT2D eigenvalue weighted by Crippen LogP contribution is -2.46. The molecule has 0 amide bonds.